The van der Waals surface area contributed by atoms with Crippen molar-refractivity contribution >= 4 is 5.97 Å². The highest BCUT2D eigenvalue weighted by Crippen LogP contribution is 2.12. The summed E-state index contributed by atoms with van der Waals surface area (Å²) >= 11 is 0. The monoisotopic (exact) mass is 317 g/mol. The lowest BCUT2D eigenvalue weighted by atomic mass is 10.0. The van der Waals surface area contributed by atoms with Crippen LogP contribution in [0.2, 0.25) is 0 Å². The zero-order valence-corrected chi connectivity index (χ0v) is 14.3. The Bertz CT molecular complexity index is 465. The van der Waals surface area contributed by atoms with Crippen LogP contribution in [0.4, 0.5) is 0 Å². The molecule has 0 saturated heterocycles. The summed E-state index contributed by atoms with van der Waals surface area (Å²) in [4.78, 5) is 10.4. The molecule has 0 aliphatic rings. The Kier molecular flexibility index (Phi) is 10.0. The number of hydrogen-bond acceptors (Lipinski definition) is 2. The maximum atomic E-state index is 10.4. The highest BCUT2D eigenvalue weighted by atomic mass is 16.4. The molecule has 0 aliphatic carbocycles. The smallest absolute Gasteiger partial charge is 0.328 e. The van der Waals surface area contributed by atoms with Crippen molar-refractivity contribution in [3.05, 3.63) is 47.5 Å². The van der Waals surface area contributed by atoms with Gasteiger partial charge in [-0.15, -0.1) is 0 Å². The van der Waals surface area contributed by atoms with Crippen LogP contribution >= 0.6 is 0 Å². The van der Waals surface area contributed by atoms with Crippen molar-refractivity contribution in [2.24, 2.45) is 5.73 Å². The van der Waals surface area contributed by atoms with Gasteiger partial charge in [0.1, 0.15) is 0 Å². The zero-order valence-electron chi connectivity index (χ0n) is 14.3. The van der Waals surface area contributed by atoms with Gasteiger partial charge >= 0.3 is 5.97 Å². The van der Waals surface area contributed by atoms with Crippen molar-refractivity contribution in [3.8, 4) is 0 Å². The third-order valence-electron chi connectivity index (χ3n) is 4.09. The van der Waals surface area contributed by atoms with Crippen LogP contribution in [-0.4, -0.2) is 17.1 Å². The van der Waals surface area contributed by atoms with Gasteiger partial charge in [-0.3, -0.25) is 0 Å². The Labute approximate surface area is 140 Å². The average molecular weight is 317 g/mol. The van der Waals surface area contributed by atoms with Crippen LogP contribution in [-0.2, 0) is 17.6 Å². The predicted octanol–water partition coefficient (Wildman–Crippen LogP) is 4.49. The van der Waals surface area contributed by atoms with E-state index in [1.54, 1.807) is 6.08 Å². The molecule has 23 heavy (non-hydrogen) atoms. The number of rotatable bonds is 12. The second kappa shape index (κ2) is 11.9. The van der Waals surface area contributed by atoms with Crippen molar-refractivity contribution in [3.63, 3.8) is 0 Å². The van der Waals surface area contributed by atoms with E-state index < -0.39 is 5.97 Å². The van der Waals surface area contributed by atoms with E-state index in [0.717, 1.165) is 25.3 Å². The van der Waals surface area contributed by atoms with E-state index in [2.05, 4.69) is 31.2 Å². The molecule has 128 valence electrons. The van der Waals surface area contributed by atoms with Crippen LogP contribution in [0.25, 0.3) is 0 Å². The lowest BCUT2D eigenvalue weighted by Crippen LogP contribution is -2.18. The summed E-state index contributed by atoms with van der Waals surface area (Å²) in [7, 11) is 0. The minimum absolute atomic E-state index is 0.200. The molecule has 0 heterocycles. The van der Waals surface area contributed by atoms with Crippen LogP contribution in [0, 0.1) is 0 Å². The number of carboxylic acid groups (broad SMARTS) is 1. The van der Waals surface area contributed by atoms with E-state index in [9.17, 15) is 4.79 Å². The first-order valence-electron chi connectivity index (χ1n) is 8.86. The molecule has 0 amide bonds. The van der Waals surface area contributed by atoms with E-state index in [4.69, 9.17) is 10.8 Å². The van der Waals surface area contributed by atoms with Gasteiger partial charge in [-0.2, -0.15) is 0 Å². The first kappa shape index (κ1) is 19.4. The molecule has 1 aromatic carbocycles. The Morgan fingerprint density at radius 1 is 1.04 bits per heavy atom. The molecular formula is C20H31NO2. The van der Waals surface area contributed by atoms with Gasteiger partial charge in [-0.25, -0.2) is 4.79 Å². The molecule has 0 fully saturated rings. The number of aryl methyl sites for hydroxylation is 2. The van der Waals surface area contributed by atoms with Crippen molar-refractivity contribution in [2.45, 2.75) is 70.8 Å². The van der Waals surface area contributed by atoms with E-state index in [1.807, 2.05) is 0 Å². The number of nitrogens with two attached hydrogens (primary N) is 1. The van der Waals surface area contributed by atoms with Crippen LogP contribution in [0.5, 0.6) is 0 Å². The summed E-state index contributed by atoms with van der Waals surface area (Å²) in [6.45, 7) is 2.25. The summed E-state index contributed by atoms with van der Waals surface area (Å²) in [5.41, 5.74) is 8.53. The molecule has 3 heteroatoms. The van der Waals surface area contributed by atoms with Crippen LogP contribution < -0.4 is 5.73 Å². The highest BCUT2D eigenvalue weighted by molar-refractivity contribution is 5.79. The SMILES string of the molecule is CCCCCCCCc1ccc(CCC(N)C=CC(=O)O)cc1. The number of carbonyl (C=O) groups is 1. The fourth-order valence-electron chi connectivity index (χ4n) is 2.62. The van der Waals surface area contributed by atoms with Gasteiger partial charge in [0.15, 0.2) is 0 Å². The summed E-state index contributed by atoms with van der Waals surface area (Å²) in [6.07, 6.45) is 13.5. The molecule has 0 bridgehead atoms. The Hall–Kier alpha value is -1.61. The molecule has 1 atom stereocenters. The molecule has 0 aromatic heterocycles. The minimum Gasteiger partial charge on any atom is -0.478 e. The molecule has 1 unspecified atom stereocenters. The van der Waals surface area contributed by atoms with Gasteiger partial charge < -0.3 is 10.8 Å². The molecular weight excluding hydrogens is 286 g/mol. The molecule has 1 rings (SSSR count). The quantitative estimate of drug-likeness (QED) is 0.441. The molecule has 0 aliphatic heterocycles. The van der Waals surface area contributed by atoms with E-state index >= 15 is 0 Å². The molecule has 1 aromatic rings. The van der Waals surface area contributed by atoms with Gasteiger partial charge in [0.05, 0.1) is 0 Å². The standard InChI is InChI=1S/C20H31NO2/c1-2-3-4-5-6-7-8-17-9-11-18(12-10-17)13-14-19(21)15-16-20(22)23/h9-12,15-16,19H,2-8,13-14,21H2,1H3,(H,22,23). The third kappa shape index (κ3) is 9.90. The molecule has 0 radical (unpaired) electrons. The summed E-state index contributed by atoms with van der Waals surface area (Å²) < 4.78 is 0. The number of hydrogen-bond donors (Lipinski definition) is 2. The number of unbranched alkanes of at least 4 members (excludes halogenated alkanes) is 5. The van der Waals surface area contributed by atoms with Crippen LogP contribution in [0.15, 0.2) is 36.4 Å². The summed E-state index contributed by atoms with van der Waals surface area (Å²) in [5.74, 6) is -0.945. The number of carboxylic acids is 1. The summed E-state index contributed by atoms with van der Waals surface area (Å²) in [5, 5.41) is 8.57. The topological polar surface area (TPSA) is 63.3 Å². The first-order valence-corrected chi connectivity index (χ1v) is 8.86. The minimum atomic E-state index is -0.945. The Morgan fingerprint density at radius 2 is 1.61 bits per heavy atom. The maximum Gasteiger partial charge on any atom is 0.328 e. The first-order chi connectivity index (χ1) is 11.1. The van der Waals surface area contributed by atoms with Crippen molar-refractivity contribution < 1.29 is 9.90 Å². The fraction of sp³-hybridized carbons (Fsp3) is 0.550. The van der Waals surface area contributed by atoms with Crippen LogP contribution in [0.3, 0.4) is 0 Å². The molecule has 0 spiro atoms. The second-order valence-corrected chi connectivity index (χ2v) is 6.23. The van der Waals surface area contributed by atoms with Gasteiger partial charge in [0.25, 0.3) is 0 Å². The summed E-state index contributed by atoms with van der Waals surface area (Å²) in [6, 6.07) is 8.55. The largest absolute Gasteiger partial charge is 0.478 e. The van der Waals surface area contributed by atoms with Crippen LogP contribution in [0.1, 0.15) is 63.0 Å². The predicted molar refractivity (Wildman–Crippen MR) is 96.6 cm³/mol. The Morgan fingerprint density at radius 3 is 2.22 bits per heavy atom. The van der Waals surface area contributed by atoms with Gasteiger partial charge in [-0.1, -0.05) is 69.4 Å². The fourth-order valence-corrected chi connectivity index (χ4v) is 2.62. The number of aliphatic carboxylic acids is 1. The Balaban J connectivity index is 2.24. The van der Waals surface area contributed by atoms with Crippen molar-refractivity contribution in [2.75, 3.05) is 0 Å². The molecule has 3 N–H and O–H groups in total. The zero-order chi connectivity index (χ0) is 16.9. The highest BCUT2D eigenvalue weighted by Gasteiger charge is 2.01. The lowest BCUT2D eigenvalue weighted by molar-refractivity contribution is -0.131. The van der Waals surface area contributed by atoms with Crippen molar-refractivity contribution in [1.29, 1.82) is 0 Å². The van der Waals surface area contributed by atoms with Crippen molar-refractivity contribution in [1.82, 2.24) is 0 Å². The molecule has 3 nitrogen and oxygen atoms in total. The maximum absolute atomic E-state index is 10.4. The average Bonchev–Trinajstić information content (AvgIpc) is 2.55. The van der Waals surface area contributed by atoms with E-state index in [-0.39, 0.29) is 6.04 Å². The lowest BCUT2D eigenvalue weighted by Gasteiger charge is -2.07. The second-order valence-electron chi connectivity index (χ2n) is 6.23. The normalized spacial score (nSPS) is 12.6. The number of benzene rings is 1. The van der Waals surface area contributed by atoms with E-state index in [0.29, 0.717) is 0 Å². The van der Waals surface area contributed by atoms with E-state index in [1.165, 1.54) is 49.7 Å². The molecule has 0 saturated carbocycles. The van der Waals surface area contributed by atoms with Gasteiger partial charge in [0.2, 0.25) is 0 Å². The van der Waals surface area contributed by atoms with Gasteiger partial charge in [0, 0.05) is 12.1 Å². The van der Waals surface area contributed by atoms with Gasteiger partial charge in [-0.05, 0) is 36.8 Å². The third-order valence-corrected chi connectivity index (χ3v) is 4.09.